The zero-order valence-electron chi connectivity index (χ0n) is 30.6. The van der Waals surface area contributed by atoms with Crippen LogP contribution in [0, 0.1) is 0 Å². The molecule has 11 aromatic rings. The molecule has 0 aliphatic heterocycles. The van der Waals surface area contributed by atoms with Crippen LogP contribution in [-0.4, -0.2) is 0 Å². The third-order valence-electron chi connectivity index (χ3n) is 11.2. The minimum Gasteiger partial charge on any atom is -0.455 e. The Bertz CT molecular complexity index is 3230. The summed E-state index contributed by atoms with van der Waals surface area (Å²) in [4.78, 5) is 2.37. The molecular formula is C54H35NO. The first-order valence-electron chi connectivity index (χ1n) is 19.2. The summed E-state index contributed by atoms with van der Waals surface area (Å²) in [5.74, 6) is 0. The number of hydrogen-bond acceptors (Lipinski definition) is 2. The first-order chi connectivity index (χ1) is 27.8. The van der Waals surface area contributed by atoms with Gasteiger partial charge in [-0.15, -0.1) is 0 Å². The minimum atomic E-state index is 0.870. The number of hydrogen-bond donors (Lipinski definition) is 0. The largest absolute Gasteiger partial charge is 0.455 e. The van der Waals surface area contributed by atoms with Crippen LogP contribution in [0.3, 0.4) is 0 Å². The van der Waals surface area contributed by atoms with E-state index in [1.165, 1.54) is 60.3 Å². The van der Waals surface area contributed by atoms with Gasteiger partial charge in [0.1, 0.15) is 11.2 Å². The van der Waals surface area contributed by atoms with Crippen LogP contribution in [0.1, 0.15) is 0 Å². The lowest BCUT2D eigenvalue weighted by Gasteiger charge is -2.26. The lowest BCUT2D eigenvalue weighted by molar-refractivity contribution is 0.672. The van der Waals surface area contributed by atoms with Crippen molar-refractivity contribution in [2.45, 2.75) is 0 Å². The Morgan fingerprint density at radius 2 is 0.839 bits per heavy atom. The lowest BCUT2D eigenvalue weighted by atomic mass is 9.93. The van der Waals surface area contributed by atoms with E-state index in [2.05, 4.69) is 217 Å². The van der Waals surface area contributed by atoms with Gasteiger partial charge >= 0.3 is 0 Å². The average molecular weight is 714 g/mol. The highest BCUT2D eigenvalue weighted by Gasteiger charge is 2.19. The van der Waals surface area contributed by atoms with Crippen LogP contribution in [0.4, 0.5) is 17.1 Å². The van der Waals surface area contributed by atoms with E-state index in [1.807, 2.05) is 0 Å². The molecule has 0 atom stereocenters. The maximum absolute atomic E-state index is 6.70. The summed E-state index contributed by atoms with van der Waals surface area (Å²) in [6.45, 7) is 0. The second-order valence-corrected chi connectivity index (χ2v) is 14.5. The second-order valence-electron chi connectivity index (χ2n) is 14.5. The van der Waals surface area contributed by atoms with Crippen LogP contribution in [0.25, 0.3) is 87.6 Å². The highest BCUT2D eigenvalue weighted by molar-refractivity contribution is 6.20. The molecule has 2 heteroatoms. The number of furan rings is 1. The number of nitrogens with zero attached hydrogens (tertiary/aromatic N) is 1. The molecule has 0 spiro atoms. The fourth-order valence-corrected chi connectivity index (χ4v) is 8.57. The zero-order valence-corrected chi connectivity index (χ0v) is 30.6. The second kappa shape index (κ2) is 13.2. The van der Waals surface area contributed by atoms with Crippen molar-refractivity contribution in [3.8, 4) is 33.4 Å². The summed E-state index contributed by atoms with van der Waals surface area (Å²) in [6.07, 6.45) is 0. The van der Waals surface area contributed by atoms with Crippen LogP contribution in [0.2, 0.25) is 0 Å². The molecule has 0 unspecified atom stereocenters. The van der Waals surface area contributed by atoms with Gasteiger partial charge in [0.2, 0.25) is 0 Å². The molecule has 10 aromatic carbocycles. The van der Waals surface area contributed by atoms with Gasteiger partial charge in [-0.05, 0) is 115 Å². The topological polar surface area (TPSA) is 16.4 Å². The molecule has 0 amide bonds. The smallest absolute Gasteiger partial charge is 0.143 e. The Morgan fingerprint density at radius 1 is 0.286 bits per heavy atom. The summed E-state index contributed by atoms with van der Waals surface area (Å²) in [6, 6.07) is 76.4. The highest BCUT2D eigenvalue weighted by Crippen LogP contribution is 2.44. The van der Waals surface area contributed by atoms with E-state index in [0.717, 1.165) is 44.4 Å². The zero-order chi connectivity index (χ0) is 37.0. The molecule has 0 aliphatic carbocycles. The van der Waals surface area contributed by atoms with Gasteiger partial charge in [-0.2, -0.15) is 0 Å². The van der Waals surface area contributed by atoms with Gasteiger partial charge in [-0.3, -0.25) is 0 Å². The summed E-state index contributed by atoms with van der Waals surface area (Å²) in [7, 11) is 0. The van der Waals surface area contributed by atoms with Crippen LogP contribution >= 0.6 is 0 Å². The highest BCUT2D eigenvalue weighted by atomic mass is 16.3. The molecule has 1 aromatic heterocycles. The van der Waals surface area contributed by atoms with Crippen LogP contribution < -0.4 is 4.90 Å². The number of fused-ring (bicyclic) bond motifs is 8. The average Bonchev–Trinajstić information content (AvgIpc) is 3.65. The van der Waals surface area contributed by atoms with Gasteiger partial charge in [0.25, 0.3) is 0 Å². The van der Waals surface area contributed by atoms with E-state index in [-0.39, 0.29) is 0 Å². The molecule has 2 nitrogen and oxygen atoms in total. The van der Waals surface area contributed by atoms with Crippen molar-refractivity contribution in [3.05, 3.63) is 212 Å². The molecule has 0 fully saturated rings. The van der Waals surface area contributed by atoms with Crippen LogP contribution in [0.15, 0.2) is 217 Å². The fourth-order valence-electron chi connectivity index (χ4n) is 8.57. The number of rotatable bonds is 6. The summed E-state index contributed by atoms with van der Waals surface area (Å²) in [5, 5.41) is 9.51. The monoisotopic (exact) mass is 713 g/mol. The van der Waals surface area contributed by atoms with Crippen molar-refractivity contribution in [2.75, 3.05) is 4.90 Å². The van der Waals surface area contributed by atoms with Gasteiger partial charge in [0.15, 0.2) is 0 Å². The van der Waals surface area contributed by atoms with Gasteiger partial charge in [0.05, 0.1) is 0 Å². The number of anilines is 3. The summed E-state index contributed by atoms with van der Waals surface area (Å²) >= 11 is 0. The summed E-state index contributed by atoms with van der Waals surface area (Å²) in [5.41, 5.74) is 12.2. The normalized spacial score (nSPS) is 11.6. The van der Waals surface area contributed by atoms with E-state index in [9.17, 15) is 0 Å². The van der Waals surface area contributed by atoms with Crippen molar-refractivity contribution < 1.29 is 4.42 Å². The van der Waals surface area contributed by atoms with Gasteiger partial charge < -0.3 is 9.32 Å². The standard InChI is InChI=1S/C54H35NO/c1-3-14-36(15-4-1)37-26-28-41(29-27-37)55(42-20-13-19-39(32-42)49-33-40-18-7-8-21-44(40)45-22-9-10-23-46(45)49)43-30-31-53-51(34-43)52-35-50(38-16-5-2-6-17-38)47-24-11-12-25-48(47)54(52)56-53/h1-35H. The van der Waals surface area contributed by atoms with Crippen molar-refractivity contribution in [3.63, 3.8) is 0 Å². The molecule has 262 valence electrons. The van der Waals surface area contributed by atoms with E-state index in [4.69, 9.17) is 4.42 Å². The maximum Gasteiger partial charge on any atom is 0.143 e. The predicted octanol–water partition coefficient (Wildman–Crippen LogP) is 15.5. The Hall–Kier alpha value is -7.42. The Balaban J connectivity index is 1.12. The summed E-state index contributed by atoms with van der Waals surface area (Å²) < 4.78 is 6.70. The molecule has 11 rings (SSSR count). The van der Waals surface area contributed by atoms with Crippen LogP contribution in [-0.2, 0) is 0 Å². The minimum absolute atomic E-state index is 0.870. The van der Waals surface area contributed by atoms with Crippen molar-refractivity contribution in [1.29, 1.82) is 0 Å². The Kier molecular flexibility index (Phi) is 7.53. The molecule has 0 saturated carbocycles. The Morgan fingerprint density at radius 3 is 1.61 bits per heavy atom. The first kappa shape index (κ1) is 32.0. The molecule has 0 bridgehead atoms. The molecule has 1 heterocycles. The van der Waals surface area contributed by atoms with Crippen molar-refractivity contribution in [2.24, 2.45) is 0 Å². The third kappa shape index (κ3) is 5.34. The van der Waals surface area contributed by atoms with E-state index in [0.29, 0.717) is 0 Å². The number of benzene rings is 10. The Labute approximate surface area is 325 Å². The van der Waals surface area contributed by atoms with Crippen molar-refractivity contribution >= 4 is 71.3 Å². The van der Waals surface area contributed by atoms with E-state index < -0.39 is 0 Å². The van der Waals surface area contributed by atoms with Crippen molar-refractivity contribution in [1.82, 2.24) is 0 Å². The van der Waals surface area contributed by atoms with Gasteiger partial charge in [-0.1, -0.05) is 158 Å². The molecule has 56 heavy (non-hydrogen) atoms. The SMILES string of the molecule is c1ccc(-c2ccc(N(c3cccc(-c4cc5ccccc5c5ccccc45)c3)c3ccc4oc5c6ccccc6c(-c6ccccc6)cc5c4c3)cc2)cc1. The quantitative estimate of drug-likeness (QED) is 0.160. The van der Waals surface area contributed by atoms with Gasteiger partial charge in [0, 0.05) is 33.2 Å². The lowest BCUT2D eigenvalue weighted by Crippen LogP contribution is -2.10. The molecule has 0 radical (unpaired) electrons. The fraction of sp³-hybridized carbons (Fsp3) is 0. The van der Waals surface area contributed by atoms with Crippen LogP contribution in [0.5, 0.6) is 0 Å². The third-order valence-corrected chi connectivity index (χ3v) is 11.2. The first-order valence-corrected chi connectivity index (χ1v) is 19.2. The molecule has 0 N–H and O–H groups in total. The maximum atomic E-state index is 6.70. The van der Waals surface area contributed by atoms with E-state index >= 15 is 0 Å². The molecule has 0 saturated heterocycles. The molecule has 0 aliphatic rings. The van der Waals surface area contributed by atoms with Gasteiger partial charge in [-0.25, -0.2) is 0 Å². The molecular weight excluding hydrogens is 679 g/mol. The van der Waals surface area contributed by atoms with E-state index in [1.54, 1.807) is 0 Å². The predicted molar refractivity (Wildman–Crippen MR) is 237 cm³/mol.